The summed E-state index contributed by atoms with van der Waals surface area (Å²) in [6, 6.07) is 10.8. The molecule has 1 N–H and O–H groups in total. The molecule has 0 aliphatic carbocycles. The fraction of sp³-hybridized carbons (Fsp3) is 0.235. The van der Waals surface area contributed by atoms with Gasteiger partial charge in [-0.2, -0.15) is 0 Å². The highest BCUT2D eigenvalue weighted by atomic mass is 16.2. The minimum absolute atomic E-state index is 0.155. The summed E-state index contributed by atoms with van der Waals surface area (Å²) in [5.74, 6) is -0.155. The zero-order chi connectivity index (χ0) is 16.9. The molecule has 1 amide bonds. The van der Waals surface area contributed by atoms with Gasteiger partial charge in [-0.1, -0.05) is 23.4 Å². The van der Waals surface area contributed by atoms with Crippen molar-refractivity contribution in [2.24, 2.45) is 0 Å². The van der Waals surface area contributed by atoms with Crippen molar-refractivity contribution in [2.75, 3.05) is 0 Å². The fourth-order valence-corrected chi connectivity index (χ4v) is 2.27. The Hall–Kier alpha value is -3.09. The molecule has 0 unspecified atom stereocenters. The molecule has 0 fully saturated rings. The van der Waals surface area contributed by atoms with Crippen LogP contribution in [-0.2, 0) is 17.9 Å². The Morgan fingerprint density at radius 1 is 1.21 bits per heavy atom. The lowest BCUT2D eigenvalue weighted by atomic mass is 10.2. The second-order valence-corrected chi connectivity index (χ2v) is 5.47. The van der Waals surface area contributed by atoms with E-state index in [-0.39, 0.29) is 24.4 Å². The predicted molar refractivity (Wildman–Crippen MR) is 89.2 cm³/mol. The van der Waals surface area contributed by atoms with Crippen LogP contribution < -0.4 is 10.9 Å². The third-order valence-corrected chi connectivity index (χ3v) is 3.64. The average molecular weight is 323 g/mol. The van der Waals surface area contributed by atoms with Gasteiger partial charge in [-0.05, 0) is 30.7 Å². The van der Waals surface area contributed by atoms with Crippen LogP contribution in [0.2, 0.25) is 0 Å². The number of rotatable bonds is 5. The third kappa shape index (κ3) is 3.62. The highest BCUT2D eigenvalue weighted by molar-refractivity contribution is 5.77. The first-order valence-corrected chi connectivity index (χ1v) is 7.64. The van der Waals surface area contributed by atoms with Crippen molar-refractivity contribution in [1.82, 2.24) is 25.3 Å². The molecule has 24 heavy (non-hydrogen) atoms. The normalized spacial score (nSPS) is 10.7. The molecule has 0 aliphatic heterocycles. The number of nitrogens with one attached hydrogen (secondary N) is 1. The number of amides is 1. The van der Waals surface area contributed by atoms with Crippen LogP contribution in [0.1, 0.15) is 17.7 Å². The van der Waals surface area contributed by atoms with Gasteiger partial charge in [-0.15, -0.1) is 5.10 Å². The summed E-state index contributed by atoms with van der Waals surface area (Å²) in [5, 5.41) is 11.2. The summed E-state index contributed by atoms with van der Waals surface area (Å²) in [4.78, 5) is 28.4. The molecule has 0 saturated carbocycles. The first kappa shape index (κ1) is 15.8. The van der Waals surface area contributed by atoms with Crippen molar-refractivity contribution >= 4 is 16.8 Å². The molecule has 0 bridgehead atoms. The van der Waals surface area contributed by atoms with E-state index in [9.17, 15) is 9.59 Å². The van der Waals surface area contributed by atoms with Crippen molar-refractivity contribution < 1.29 is 4.79 Å². The van der Waals surface area contributed by atoms with Gasteiger partial charge in [0.25, 0.3) is 5.56 Å². The Morgan fingerprint density at radius 2 is 2.04 bits per heavy atom. The van der Waals surface area contributed by atoms with Crippen LogP contribution in [0.5, 0.6) is 0 Å². The Labute approximate surface area is 138 Å². The van der Waals surface area contributed by atoms with E-state index in [1.54, 1.807) is 30.5 Å². The zero-order valence-electron chi connectivity index (χ0n) is 13.3. The van der Waals surface area contributed by atoms with Gasteiger partial charge in [-0.3, -0.25) is 14.6 Å². The Kier molecular flexibility index (Phi) is 4.60. The largest absolute Gasteiger partial charge is 0.352 e. The van der Waals surface area contributed by atoms with Crippen LogP contribution in [0.4, 0.5) is 0 Å². The van der Waals surface area contributed by atoms with Crippen LogP contribution >= 0.6 is 0 Å². The highest BCUT2D eigenvalue weighted by Crippen LogP contribution is 2.03. The minimum Gasteiger partial charge on any atom is -0.352 e. The van der Waals surface area contributed by atoms with Crippen LogP contribution in [0, 0.1) is 6.92 Å². The monoisotopic (exact) mass is 323 g/mol. The van der Waals surface area contributed by atoms with Crippen molar-refractivity contribution in [1.29, 1.82) is 0 Å². The summed E-state index contributed by atoms with van der Waals surface area (Å²) in [5.41, 5.74) is 2.17. The molecular formula is C17H17N5O2. The molecule has 0 radical (unpaired) electrons. The fourth-order valence-electron chi connectivity index (χ4n) is 2.27. The number of hydrogen-bond acceptors (Lipinski definition) is 5. The van der Waals surface area contributed by atoms with Crippen molar-refractivity contribution in [3.63, 3.8) is 0 Å². The molecule has 3 aromatic rings. The topological polar surface area (TPSA) is 89.8 Å². The zero-order valence-corrected chi connectivity index (χ0v) is 13.3. The lowest BCUT2D eigenvalue weighted by Gasteiger charge is -2.07. The molecule has 0 spiro atoms. The number of fused-ring (bicyclic) bond motifs is 1. The third-order valence-electron chi connectivity index (χ3n) is 3.64. The maximum absolute atomic E-state index is 12.3. The number of nitrogens with zero attached hydrogens (tertiary/aromatic N) is 4. The highest BCUT2D eigenvalue weighted by Gasteiger charge is 2.07. The van der Waals surface area contributed by atoms with Gasteiger partial charge in [-0.25, -0.2) is 4.68 Å². The molecular weight excluding hydrogens is 306 g/mol. The summed E-state index contributed by atoms with van der Waals surface area (Å²) >= 11 is 0. The molecule has 7 nitrogen and oxygen atoms in total. The molecule has 2 heterocycles. The van der Waals surface area contributed by atoms with E-state index >= 15 is 0 Å². The number of carbonyl (C=O) groups excluding carboxylic acids is 1. The van der Waals surface area contributed by atoms with E-state index in [2.05, 4.69) is 20.6 Å². The Morgan fingerprint density at radius 3 is 2.83 bits per heavy atom. The van der Waals surface area contributed by atoms with Gasteiger partial charge >= 0.3 is 0 Å². The quantitative estimate of drug-likeness (QED) is 0.762. The number of aryl methyl sites for hydroxylation is 2. The number of benzene rings is 1. The van der Waals surface area contributed by atoms with Gasteiger partial charge < -0.3 is 5.32 Å². The molecule has 122 valence electrons. The van der Waals surface area contributed by atoms with Gasteiger partial charge in [0.05, 0.1) is 11.9 Å². The Bertz CT molecular complexity index is 918. The van der Waals surface area contributed by atoms with Gasteiger partial charge in [0.15, 0.2) is 0 Å². The maximum atomic E-state index is 12.3. The average Bonchev–Trinajstić information content (AvgIpc) is 2.61. The van der Waals surface area contributed by atoms with Crippen LogP contribution in [-0.4, -0.2) is 25.9 Å². The smallest absolute Gasteiger partial charge is 0.277 e. The summed E-state index contributed by atoms with van der Waals surface area (Å²) in [6.45, 7) is 2.50. The lowest BCUT2D eigenvalue weighted by Crippen LogP contribution is -2.29. The van der Waals surface area contributed by atoms with Crippen molar-refractivity contribution in [3.05, 3.63) is 64.2 Å². The molecule has 2 aromatic heterocycles. The minimum atomic E-state index is -0.240. The van der Waals surface area contributed by atoms with E-state index in [0.29, 0.717) is 17.4 Å². The van der Waals surface area contributed by atoms with E-state index in [1.165, 1.54) is 4.68 Å². The van der Waals surface area contributed by atoms with Gasteiger partial charge in [0, 0.05) is 24.9 Å². The van der Waals surface area contributed by atoms with E-state index < -0.39 is 0 Å². The summed E-state index contributed by atoms with van der Waals surface area (Å²) in [7, 11) is 0. The maximum Gasteiger partial charge on any atom is 0.277 e. The van der Waals surface area contributed by atoms with E-state index in [0.717, 1.165) is 11.3 Å². The number of carbonyl (C=O) groups is 1. The summed E-state index contributed by atoms with van der Waals surface area (Å²) < 4.78 is 1.22. The van der Waals surface area contributed by atoms with E-state index in [1.807, 2.05) is 19.1 Å². The van der Waals surface area contributed by atoms with Crippen molar-refractivity contribution in [2.45, 2.75) is 26.4 Å². The van der Waals surface area contributed by atoms with Crippen LogP contribution in [0.15, 0.2) is 47.4 Å². The molecule has 0 saturated heterocycles. The van der Waals surface area contributed by atoms with E-state index in [4.69, 9.17) is 0 Å². The number of pyridine rings is 1. The lowest BCUT2D eigenvalue weighted by molar-refractivity contribution is -0.121. The first-order valence-electron chi connectivity index (χ1n) is 7.64. The van der Waals surface area contributed by atoms with Crippen molar-refractivity contribution in [3.8, 4) is 0 Å². The number of aromatic nitrogens is 4. The molecule has 7 heteroatoms. The molecule has 0 aliphatic rings. The molecule has 0 atom stereocenters. The SMILES string of the molecule is Cc1ccc(CNC(=O)CCn2nnc3ccccc3c2=O)cn1. The summed E-state index contributed by atoms with van der Waals surface area (Å²) in [6.07, 6.45) is 1.89. The van der Waals surface area contributed by atoms with Gasteiger partial charge in [0.2, 0.25) is 5.91 Å². The van der Waals surface area contributed by atoms with Crippen LogP contribution in [0.3, 0.4) is 0 Å². The first-order chi connectivity index (χ1) is 11.6. The molecule has 1 aromatic carbocycles. The van der Waals surface area contributed by atoms with Crippen LogP contribution in [0.25, 0.3) is 10.9 Å². The molecule has 3 rings (SSSR count). The second kappa shape index (κ2) is 6.99. The number of hydrogen-bond donors (Lipinski definition) is 1. The predicted octanol–water partition coefficient (Wildman–Crippen LogP) is 1.20. The van der Waals surface area contributed by atoms with Gasteiger partial charge in [0.1, 0.15) is 5.52 Å². The Balaban J connectivity index is 1.59. The standard InChI is InChI=1S/C17H17N5O2/c1-12-6-7-13(10-18-12)11-19-16(23)8-9-22-17(24)14-4-2-3-5-15(14)20-21-22/h2-7,10H,8-9,11H2,1H3,(H,19,23). The second-order valence-electron chi connectivity index (χ2n) is 5.47.